The van der Waals surface area contributed by atoms with Crippen molar-refractivity contribution in [3.8, 4) is 0 Å². The van der Waals surface area contributed by atoms with Crippen LogP contribution >= 0.6 is 0 Å². The Morgan fingerprint density at radius 1 is 1.15 bits per heavy atom. The van der Waals surface area contributed by atoms with Crippen molar-refractivity contribution in [2.45, 2.75) is 13.3 Å². The van der Waals surface area contributed by atoms with Gasteiger partial charge in [-0.05, 0) is 25.2 Å². The highest BCUT2D eigenvalue weighted by Crippen LogP contribution is 2.46. The molecule has 2 atom stereocenters. The van der Waals surface area contributed by atoms with Crippen LogP contribution in [0.3, 0.4) is 0 Å². The Morgan fingerprint density at radius 2 is 1.77 bits per heavy atom. The van der Waals surface area contributed by atoms with E-state index in [9.17, 15) is 4.79 Å². The Hall–Kier alpha value is -1.11. The molecule has 0 aromatic heterocycles. The molecule has 2 rings (SSSR count). The first-order valence-corrected chi connectivity index (χ1v) is 4.81. The van der Waals surface area contributed by atoms with Crippen LogP contribution in [-0.4, -0.2) is 5.78 Å². The minimum atomic E-state index is 0.331. The summed E-state index contributed by atoms with van der Waals surface area (Å²) < 4.78 is 0. The molecule has 2 aliphatic rings. The van der Waals surface area contributed by atoms with Gasteiger partial charge in [0, 0.05) is 5.92 Å². The maximum Gasteiger partial charge on any atom is 0.133 e. The van der Waals surface area contributed by atoms with Crippen molar-refractivity contribution in [3.05, 3.63) is 36.5 Å². The molecular formula is C12H14O. The summed E-state index contributed by atoms with van der Waals surface area (Å²) in [6, 6.07) is 0. The Bertz CT molecular complexity index is 280. The van der Waals surface area contributed by atoms with Crippen LogP contribution < -0.4 is 0 Å². The van der Waals surface area contributed by atoms with Gasteiger partial charge in [0.1, 0.15) is 5.78 Å². The first-order valence-electron chi connectivity index (χ1n) is 4.81. The third-order valence-corrected chi connectivity index (χ3v) is 2.86. The molecule has 1 fully saturated rings. The molecule has 1 heteroatoms. The minimum absolute atomic E-state index is 0.331. The molecule has 68 valence electrons. The van der Waals surface area contributed by atoms with E-state index in [1.807, 2.05) is 12.2 Å². The molecule has 0 radical (unpaired) electrons. The third kappa shape index (κ3) is 1.80. The predicted octanol–water partition coefficient (Wildman–Crippen LogP) is 2.51. The summed E-state index contributed by atoms with van der Waals surface area (Å²) in [5, 5.41) is 0. The topological polar surface area (TPSA) is 17.1 Å². The van der Waals surface area contributed by atoms with E-state index in [1.54, 1.807) is 6.92 Å². The van der Waals surface area contributed by atoms with Gasteiger partial charge in [-0.3, -0.25) is 4.79 Å². The largest absolute Gasteiger partial charge is 0.300 e. The van der Waals surface area contributed by atoms with Gasteiger partial charge in [0.05, 0.1) is 0 Å². The highest BCUT2D eigenvalue weighted by molar-refractivity contribution is 5.81. The lowest BCUT2D eigenvalue weighted by Gasteiger charge is -2.04. The van der Waals surface area contributed by atoms with E-state index in [2.05, 4.69) is 24.3 Å². The van der Waals surface area contributed by atoms with E-state index in [1.165, 1.54) is 0 Å². The molecule has 2 unspecified atom stereocenters. The second-order valence-corrected chi connectivity index (χ2v) is 3.85. The fourth-order valence-electron chi connectivity index (χ4n) is 1.97. The van der Waals surface area contributed by atoms with Crippen LogP contribution in [0, 0.1) is 17.8 Å². The number of carbonyl (C=O) groups is 1. The van der Waals surface area contributed by atoms with Crippen molar-refractivity contribution >= 4 is 5.78 Å². The van der Waals surface area contributed by atoms with Gasteiger partial charge in [0.2, 0.25) is 0 Å². The van der Waals surface area contributed by atoms with E-state index < -0.39 is 0 Å². The quantitative estimate of drug-likeness (QED) is 0.628. The van der Waals surface area contributed by atoms with Crippen molar-refractivity contribution in [1.29, 1.82) is 0 Å². The Balaban J connectivity index is 2.00. The average molecular weight is 174 g/mol. The smallest absolute Gasteiger partial charge is 0.133 e. The van der Waals surface area contributed by atoms with Gasteiger partial charge in [0.25, 0.3) is 0 Å². The molecular weight excluding hydrogens is 160 g/mol. The second-order valence-electron chi connectivity index (χ2n) is 3.85. The zero-order chi connectivity index (χ0) is 9.26. The number of hydrogen-bond acceptors (Lipinski definition) is 1. The molecule has 0 amide bonds. The standard InChI is InChI=1S/C12H14O/c1-9(13)11-8-12(11)10-6-4-2-3-5-7-10/h2-7,10-12H,8H2,1H3. The van der Waals surface area contributed by atoms with Gasteiger partial charge >= 0.3 is 0 Å². The number of ketones is 1. The first-order chi connectivity index (χ1) is 6.29. The van der Waals surface area contributed by atoms with Crippen molar-refractivity contribution in [3.63, 3.8) is 0 Å². The number of rotatable bonds is 2. The van der Waals surface area contributed by atoms with Crippen LogP contribution in [0.1, 0.15) is 13.3 Å². The zero-order valence-electron chi connectivity index (χ0n) is 7.81. The lowest BCUT2D eigenvalue weighted by atomic mass is 10.0. The molecule has 0 saturated heterocycles. The fourth-order valence-corrected chi connectivity index (χ4v) is 1.97. The monoisotopic (exact) mass is 174 g/mol. The number of hydrogen-bond donors (Lipinski definition) is 0. The van der Waals surface area contributed by atoms with Gasteiger partial charge in [-0.2, -0.15) is 0 Å². The van der Waals surface area contributed by atoms with Crippen molar-refractivity contribution < 1.29 is 4.79 Å². The van der Waals surface area contributed by atoms with E-state index in [0.29, 0.717) is 23.5 Å². The fraction of sp³-hybridized carbons (Fsp3) is 0.417. The summed E-state index contributed by atoms with van der Waals surface area (Å²) in [5.74, 6) is 1.73. The maximum atomic E-state index is 11.1. The summed E-state index contributed by atoms with van der Waals surface area (Å²) in [7, 11) is 0. The lowest BCUT2D eigenvalue weighted by molar-refractivity contribution is -0.118. The van der Waals surface area contributed by atoms with Gasteiger partial charge in [-0.1, -0.05) is 36.5 Å². The molecule has 0 aromatic rings. The molecule has 2 aliphatic carbocycles. The zero-order valence-corrected chi connectivity index (χ0v) is 7.81. The van der Waals surface area contributed by atoms with Gasteiger partial charge in [-0.25, -0.2) is 0 Å². The Labute approximate surface area is 78.8 Å². The molecule has 1 nitrogen and oxygen atoms in total. The number of carbonyl (C=O) groups excluding carboxylic acids is 1. The summed E-state index contributed by atoms with van der Waals surface area (Å²) in [4.78, 5) is 11.1. The van der Waals surface area contributed by atoms with Crippen LogP contribution in [0.2, 0.25) is 0 Å². The molecule has 0 spiro atoms. The first kappa shape index (κ1) is 8.49. The highest BCUT2D eigenvalue weighted by Gasteiger charge is 2.43. The summed E-state index contributed by atoms with van der Waals surface area (Å²) >= 11 is 0. The Kier molecular flexibility index (Phi) is 2.17. The summed E-state index contributed by atoms with van der Waals surface area (Å²) in [6.45, 7) is 1.70. The van der Waals surface area contributed by atoms with Gasteiger partial charge in [0.15, 0.2) is 0 Å². The second kappa shape index (κ2) is 3.33. The van der Waals surface area contributed by atoms with Crippen LogP contribution in [-0.2, 0) is 4.79 Å². The molecule has 0 aliphatic heterocycles. The predicted molar refractivity (Wildman–Crippen MR) is 53.2 cm³/mol. The molecule has 13 heavy (non-hydrogen) atoms. The SMILES string of the molecule is CC(=O)C1CC1C1C=CC=CC=C1. The van der Waals surface area contributed by atoms with Crippen LogP contribution in [0.15, 0.2) is 36.5 Å². The van der Waals surface area contributed by atoms with Crippen LogP contribution in [0.5, 0.6) is 0 Å². The normalized spacial score (nSPS) is 31.8. The molecule has 0 bridgehead atoms. The van der Waals surface area contributed by atoms with Crippen molar-refractivity contribution in [2.75, 3.05) is 0 Å². The van der Waals surface area contributed by atoms with E-state index >= 15 is 0 Å². The number of Topliss-reactive ketones (excluding diaryl/α,β-unsaturated/α-hetero) is 1. The van der Waals surface area contributed by atoms with Gasteiger partial charge in [-0.15, -0.1) is 0 Å². The van der Waals surface area contributed by atoms with Crippen molar-refractivity contribution in [1.82, 2.24) is 0 Å². The highest BCUT2D eigenvalue weighted by atomic mass is 16.1. The average Bonchev–Trinajstić information content (AvgIpc) is 2.89. The van der Waals surface area contributed by atoms with E-state index in [0.717, 1.165) is 6.42 Å². The third-order valence-electron chi connectivity index (χ3n) is 2.86. The number of allylic oxidation sites excluding steroid dienone is 6. The summed E-state index contributed by atoms with van der Waals surface area (Å²) in [5.41, 5.74) is 0. The van der Waals surface area contributed by atoms with Crippen LogP contribution in [0.25, 0.3) is 0 Å². The van der Waals surface area contributed by atoms with Crippen LogP contribution in [0.4, 0.5) is 0 Å². The molecule has 0 N–H and O–H groups in total. The molecule has 0 heterocycles. The van der Waals surface area contributed by atoms with Gasteiger partial charge < -0.3 is 0 Å². The van der Waals surface area contributed by atoms with E-state index in [-0.39, 0.29) is 0 Å². The minimum Gasteiger partial charge on any atom is -0.300 e. The lowest BCUT2D eigenvalue weighted by Crippen LogP contribution is -2.02. The van der Waals surface area contributed by atoms with E-state index in [4.69, 9.17) is 0 Å². The maximum absolute atomic E-state index is 11.1. The summed E-state index contributed by atoms with van der Waals surface area (Å²) in [6.07, 6.45) is 13.7. The molecule has 1 saturated carbocycles. The molecule has 0 aromatic carbocycles. The van der Waals surface area contributed by atoms with Crippen molar-refractivity contribution in [2.24, 2.45) is 17.8 Å². The Morgan fingerprint density at radius 3 is 2.23 bits per heavy atom.